The third-order valence-corrected chi connectivity index (χ3v) is 4.00. The molecule has 0 aromatic carbocycles. The molecule has 0 aliphatic carbocycles. The summed E-state index contributed by atoms with van der Waals surface area (Å²) >= 11 is 5.24. The molecule has 0 aliphatic heterocycles. The lowest BCUT2D eigenvalue weighted by Crippen LogP contribution is -2.19. The predicted octanol–water partition coefficient (Wildman–Crippen LogP) is 3.36. The van der Waals surface area contributed by atoms with Gasteiger partial charge in [0.15, 0.2) is 0 Å². The van der Waals surface area contributed by atoms with Crippen LogP contribution in [-0.4, -0.2) is 9.78 Å². The average molecular weight is 314 g/mol. The standard InChI is InChI=1S/C12H16BrN3S/c1-2-4-16-12(10(13)7-15-16)11(14)6-9-3-5-17-8-9/h3,5,7-8,11H,2,4,6,14H2,1H3. The average Bonchev–Trinajstić information content (AvgIpc) is 2.89. The predicted molar refractivity (Wildman–Crippen MR) is 75.2 cm³/mol. The van der Waals surface area contributed by atoms with E-state index in [1.807, 2.05) is 10.9 Å². The van der Waals surface area contributed by atoms with E-state index in [1.165, 1.54) is 5.56 Å². The number of aryl methyl sites for hydroxylation is 1. The first kappa shape index (κ1) is 12.8. The summed E-state index contributed by atoms with van der Waals surface area (Å²) in [5, 5.41) is 8.58. The fourth-order valence-electron chi connectivity index (χ4n) is 1.89. The van der Waals surface area contributed by atoms with Crippen molar-refractivity contribution in [1.29, 1.82) is 0 Å². The Bertz CT molecular complexity index is 464. The molecule has 92 valence electrons. The highest BCUT2D eigenvalue weighted by molar-refractivity contribution is 9.10. The van der Waals surface area contributed by atoms with E-state index in [2.05, 4.69) is 44.8 Å². The number of nitrogens with two attached hydrogens (primary N) is 1. The molecule has 0 radical (unpaired) electrons. The zero-order valence-electron chi connectivity index (χ0n) is 9.77. The van der Waals surface area contributed by atoms with Crippen molar-refractivity contribution in [3.05, 3.63) is 38.8 Å². The molecular weight excluding hydrogens is 298 g/mol. The first-order chi connectivity index (χ1) is 8.22. The van der Waals surface area contributed by atoms with Gasteiger partial charge in [-0.3, -0.25) is 4.68 Å². The molecule has 2 aromatic heterocycles. The van der Waals surface area contributed by atoms with Crippen molar-refractivity contribution in [2.24, 2.45) is 5.73 Å². The van der Waals surface area contributed by atoms with Crippen LogP contribution < -0.4 is 5.73 Å². The minimum atomic E-state index is -0.00646. The summed E-state index contributed by atoms with van der Waals surface area (Å²) in [4.78, 5) is 0. The van der Waals surface area contributed by atoms with Crippen LogP contribution in [0.25, 0.3) is 0 Å². The second-order valence-corrected chi connectivity index (χ2v) is 5.68. The number of halogens is 1. The fraction of sp³-hybridized carbons (Fsp3) is 0.417. The Morgan fingerprint density at radius 1 is 1.59 bits per heavy atom. The molecule has 2 N–H and O–H groups in total. The van der Waals surface area contributed by atoms with Crippen LogP contribution >= 0.6 is 27.3 Å². The van der Waals surface area contributed by atoms with Gasteiger partial charge in [-0.2, -0.15) is 16.4 Å². The van der Waals surface area contributed by atoms with E-state index in [9.17, 15) is 0 Å². The van der Waals surface area contributed by atoms with Crippen molar-refractivity contribution in [2.45, 2.75) is 32.4 Å². The highest BCUT2D eigenvalue weighted by Gasteiger charge is 2.16. The second kappa shape index (κ2) is 5.80. The van der Waals surface area contributed by atoms with Gasteiger partial charge in [0, 0.05) is 6.54 Å². The SMILES string of the molecule is CCCn1ncc(Br)c1C(N)Cc1ccsc1. The van der Waals surface area contributed by atoms with Crippen LogP contribution in [0.1, 0.15) is 30.6 Å². The Hall–Kier alpha value is -0.650. The Morgan fingerprint density at radius 2 is 2.41 bits per heavy atom. The lowest BCUT2D eigenvalue weighted by Gasteiger charge is -2.14. The van der Waals surface area contributed by atoms with Crippen molar-refractivity contribution in [3.8, 4) is 0 Å². The van der Waals surface area contributed by atoms with Crippen LogP contribution in [0, 0.1) is 0 Å². The van der Waals surface area contributed by atoms with Gasteiger partial charge in [-0.1, -0.05) is 6.92 Å². The van der Waals surface area contributed by atoms with Crippen molar-refractivity contribution in [2.75, 3.05) is 0 Å². The number of nitrogens with zero attached hydrogens (tertiary/aromatic N) is 2. The van der Waals surface area contributed by atoms with Gasteiger partial charge in [-0.25, -0.2) is 0 Å². The van der Waals surface area contributed by atoms with Gasteiger partial charge in [0.1, 0.15) is 0 Å². The molecule has 0 fully saturated rings. The topological polar surface area (TPSA) is 43.8 Å². The highest BCUT2D eigenvalue weighted by Crippen LogP contribution is 2.25. The number of hydrogen-bond donors (Lipinski definition) is 1. The molecule has 2 rings (SSSR count). The molecule has 1 unspecified atom stereocenters. The maximum Gasteiger partial charge on any atom is 0.0696 e. The molecule has 0 saturated heterocycles. The fourth-order valence-corrected chi connectivity index (χ4v) is 3.16. The van der Waals surface area contributed by atoms with E-state index in [0.29, 0.717) is 0 Å². The molecule has 0 aliphatic rings. The molecule has 0 spiro atoms. The zero-order valence-corrected chi connectivity index (χ0v) is 12.2. The Morgan fingerprint density at radius 3 is 3.06 bits per heavy atom. The Labute approximate surface area is 114 Å². The lowest BCUT2D eigenvalue weighted by atomic mass is 10.1. The van der Waals surface area contributed by atoms with Gasteiger partial charge < -0.3 is 5.73 Å². The number of hydrogen-bond acceptors (Lipinski definition) is 3. The number of rotatable bonds is 5. The maximum absolute atomic E-state index is 6.28. The first-order valence-corrected chi connectivity index (χ1v) is 7.43. The van der Waals surface area contributed by atoms with Crippen molar-refractivity contribution >= 4 is 27.3 Å². The van der Waals surface area contributed by atoms with Gasteiger partial charge in [0.2, 0.25) is 0 Å². The van der Waals surface area contributed by atoms with Crippen LogP contribution in [0.3, 0.4) is 0 Å². The Balaban J connectivity index is 2.17. The number of aromatic nitrogens is 2. The molecule has 5 heteroatoms. The summed E-state index contributed by atoms with van der Waals surface area (Å²) in [6.07, 6.45) is 3.75. The second-order valence-electron chi connectivity index (χ2n) is 4.04. The highest BCUT2D eigenvalue weighted by atomic mass is 79.9. The lowest BCUT2D eigenvalue weighted by molar-refractivity contribution is 0.536. The third-order valence-electron chi connectivity index (χ3n) is 2.66. The van der Waals surface area contributed by atoms with Crippen LogP contribution in [0.15, 0.2) is 27.5 Å². The van der Waals surface area contributed by atoms with Gasteiger partial charge in [0.25, 0.3) is 0 Å². The molecule has 3 nitrogen and oxygen atoms in total. The summed E-state index contributed by atoms with van der Waals surface area (Å²) in [7, 11) is 0. The summed E-state index contributed by atoms with van der Waals surface area (Å²) < 4.78 is 3.01. The molecular formula is C12H16BrN3S. The van der Waals surface area contributed by atoms with Crippen LogP contribution in [0.5, 0.6) is 0 Å². The van der Waals surface area contributed by atoms with Crippen molar-refractivity contribution < 1.29 is 0 Å². The molecule has 17 heavy (non-hydrogen) atoms. The maximum atomic E-state index is 6.28. The van der Waals surface area contributed by atoms with Gasteiger partial charge in [-0.15, -0.1) is 0 Å². The van der Waals surface area contributed by atoms with Crippen LogP contribution in [-0.2, 0) is 13.0 Å². The molecule has 1 atom stereocenters. The largest absolute Gasteiger partial charge is 0.322 e. The minimum absolute atomic E-state index is 0.00646. The molecule has 2 heterocycles. The minimum Gasteiger partial charge on any atom is -0.322 e. The molecule has 0 bridgehead atoms. The zero-order chi connectivity index (χ0) is 12.3. The van der Waals surface area contributed by atoms with E-state index in [1.54, 1.807) is 11.3 Å². The van der Waals surface area contributed by atoms with E-state index in [0.717, 1.165) is 29.6 Å². The first-order valence-electron chi connectivity index (χ1n) is 5.70. The molecule has 0 amide bonds. The van der Waals surface area contributed by atoms with E-state index < -0.39 is 0 Å². The normalized spacial score (nSPS) is 12.9. The quantitative estimate of drug-likeness (QED) is 0.919. The smallest absolute Gasteiger partial charge is 0.0696 e. The summed E-state index contributed by atoms with van der Waals surface area (Å²) in [6.45, 7) is 3.06. The van der Waals surface area contributed by atoms with E-state index in [-0.39, 0.29) is 6.04 Å². The van der Waals surface area contributed by atoms with Gasteiger partial charge in [-0.05, 0) is 51.2 Å². The number of thiophene rings is 1. The van der Waals surface area contributed by atoms with Gasteiger partial charge >= 0.3 is 0 Å². The Kier molecular flexibility index (Phi) is 4.36. The van der Waals surface area contributed by atoms with E-state index >= 15 is 0 Å². The van der Waals surface area contributed by atoms with Gasteiger partial charge in [0.05, 0.1) is 22.4 Å². The summed E-state index contributed by atoms with van der Waals surface area (Å²) in [5.74, 6) is 0. The van der Waals surface area contributed by atoms with Crippen LogP contribution in [0.2, 0.25) is 0 Å². The third kappa shape index (κ3) is 2.97. The monoisotopic (exact) mass is 313 g/mol. The van der Waals surface area contributed by atoms with Crippen molar-refractivity contribution in [3.63, 3.8) is 0 Å². The molecule has 2 aromatic rings. The van der Waals surface area contributed by atoms with Crippen molar-refractivity contribution in [1.82, 2.24) is 9.78 Å². The summed E-state index contributed by atoms with van der Waals surface area (Å²) in [5.41, 5.74) is 8.66. The van der Waals surface area contributed by atoms with E-state index in [4.69, 9.17) is 5.73 Å². The van der Waals surface area contributed by atoms with Crippen LogP contribution in [0.4, 0.5) is 0 Å². The summed E-state index contributed by atoms with van der Waals surface area (Å²) in [6, 6.07) is 2.12. The molecule has 0 saturated carbocycles.